The number of hydrogen-bond acceptors (Lipinski definition) is 6. The normalized spacial score (nSPS) is 11.2. The van der Waals surface area contributed by atoms with Crippen LogP contribution in [0.5, 0.6) is 5.75 Å². The van der Waals surface area contributed by atoms with Crippen molar-refractivity contribution in [1.29, 1.82) is 0 Å². The van der Waals surface area contributed by atoms with Crippen LogP contribution in [-0.4, -0.2) is 46.8 Å². The van der Waals surface area contributed by atoms with E-state index in [1.807, 2.05) is 0 Å². The monoisotopic (exact) mass is 417 g/mol. The Labute approximate surface area is 163 Å². The van der Waals surface area contributed by atoms with Crippen molar-refractivity contribution in [2.45, 2.75) is 19.8 Å². The van der Waals surface area contributed by atoms with Crippen LogP contribution in [0.4, 0.5) is 19.0 Å². The van der Waals surface area contributed by atoms with Crippen LogP contribution in [0.25, 0.3) is 0 Å². The van der Waals surface area contributed by atoms with Gasteiger partial charge in [0, 0.05) is 25.2 Å². The number of hydrogen-bond donors (Lipinski definition) is 1. The van der Waals surface area contributed by atoms with Gasteiger partial charge in [0.25, 0.3) is 0 Å². The lowest BCUT2D eigenvalue weighted by Gasteiger charge is -2.19. The minimum Gasteiger partial charge on any atom is -0.405 e. The number of alkyl halides is 3. The molecule has 2 aromatic rings. The maximum Gasteiger partial charge on any atom is 0.573 e. The van der Waals surface area contributed by atoms with Gasteiger partial charge in [0.2, 0.25) is 11.8 Å². The van der Waals surface area contributed by atoms with Gasteiger partial charge in [0.1, 0.15) is 11.5 Å². The molecule has 0 spiro atoms. The lowest BCUT2D eigenvalue weighted by Crippen LogP contribution is -2.29. The fourth-order valence-corrected chi connectivity index (χ4v) is 2.90. The van der Waals surface area contributed by atoms with Crippen molar-refractivity contribution >= 4 is 29.4 Å². The van der Waals surface area contributed by atoms with Gasteiger partial charge in [-0.15, -0.1) is 24.9 Å². The molecule has 1 aromatic carbocycles. The predicted molar refractivity (Wildman–Crippen MR) is 96.8 cm³/mol. The fraction of sp³-hybridized carbons (Fsp3) is 0.353. The molecule has 0 aliphatic heterocycles. The molecule has 0 aliphatic rings. The second kappa shape index (κ2) is 9.49. The quantitative estimate of drug-likeness (QED) is 0.710. The van der Waals surface area contributed by atoms with Gasteiger partial charge in [0.05, 0.1) is 11.5 Å². The first-order chi connectivity index (χ1) is 13.1. The molecule has 152 valence electrons. The molecule has 0 saturated carbocycles. The molecule has 0 radical (unpaired) electrons. The van der Waals surface area contributed by atoms with E-state index in [2.05, 4.69) is 15.2 Å². The van der Waals surface area contributed by atoms with E-state index < -0.39 is 6.36 Å². The first kappa shape index (κ1) is 21.6. The van der Waals surface area contributed by atoms with Crippen LogP contribution < -0.4 is 10.1 Å². The van der Waals surface area contributed by atoms with Crippen LogP contribution in [0.1, 0.15) is 11.3 Å². The summed E-state index contributed by atoms with van der Waals surface area (Å²) in [4.78, 5) is 25.2. The van der Waals surface area contributed by atoms with Crippen molar-refractivity contribution in [1.82, 2.24) is 10.1 Å². The molecule has 0 aliphatic carbocycles. The summed E-state index contributed by atoms with van der Waals surface area (Å²) in [5, 5.41) is 6.15. The molecule has 1 heterocycles. The molecular weight excluding hydrogens is 399 g/mol. The van der Waals surface area contributed by atoms with E-state index in [1.54, 1.807) is 19.1 Å². The van der Waals surface area contributed by atoms with Crippen LogP contribution >= 0.6 is 11.8 Å². The molecule has 7 nitrogen and oxygen atoms in total. The van der Waals surface area contributed by atoms with E-state index >= 15 is 0 Å². The Morgan fingerprint density at radius 1 is 1.29 bits per heavy atom. The number of rotatable bonds is 8. The van der Waals surface area contributed by atoms with Gasteiger partial charge in [-0.2, -0.15) is 0 Å². The Morgan fingerprint density at radius 3 is 2.64 bits per heavy atom. The predicted octanol–water partition coefficient (Wildman–Crippen LogP) is 3.21. The topological polar surface area (TPSA) is 84.7 Å². The third-order valence-corrected chi connectivity index (χ3v) is 4.30. The summed E-state index contributed by atoms with van der Waals surface area (Å²) in [7, 11) is 1.46. The van der Waals surface area contributed by atoms with Gasteiger partial charge in [-0.25, -0.2) is 0 Å². The van der Waals surface area contributed by atoms with Crippen molar-refractivity contribution in [3.8, 4) is 5.75 Å². The molecule has 11 heteroatoms. The molecule has 0 bridgehead atoms. The number of nitrogens with one attached hydrogen (secondary N) is 1. The highest BCUT2D eigenvalue weighted by Crippen LogP contribution is 2.27. The third-order valence-electron chi connectivity index (χ3n) is 3.39. The minimum absolute atomic E-state index is 0.00986. The number of benzene rings is 1. The number of amides is 2. The zero-order chi connectivity index (χ0) is 20.7. The molecule has 1 N–H and O–H groups in total. The maximum atomic E-state index is 12.5. The number of carbonyl (C=O) groups excluding carboxylic acids is 2. The van der Waals surface area contributed by atoms with Crippen LogP contribution in [-0.2, 0) is 16.1 Å². The summed E-state index contributed by atoms with van der Waals surface area (Å²) < 4.78 is 46.2. The molecular formula is C17H18F3N3O4S. The number of nitrogens with zero attached hydrogens (tertiary/aromatic N) is 2. The lowest BCUT2D eigenvalue weighted by molar-refractivity contribution is -0.275. The van der Waals surface area contributed by atoms with E-state index in [1.165, 1.54) is 30.1 Å². The SMILES string of the molecule is Cc1cc(NC(=O)CSCC(=O)N(C)Cc2ccccc2OC(F)(F)F)no1. The largest absolute Gasteiger partial charge is 0.573 e. The first-order valence-corrected chi connectivity index (χ1v) is 9.18. The Kier molecular flexibility index (Phi) is 7.32. The Bertz CT molecular complexity index is 826. The van der Waals surface area contributed by atoms with Gasteiger partial charge in [-0.3, -0.25) is 9.59 Å². The van der Waals surface area contributed by atoms with Crippen LogP contribution in [0.2, 0.25) is 0 Å². The Morgan fingerprint density at radius 2 is 2.00 bits per heavy atom. The summed E-state index contributed by atoms with van der Waals surface area (Å²) in [6.45, 7) is 1.62. The number of para-hydroxylation sites is 1. The van der Waals surface area contributed by atoms with Crippen LogP contribution in [0.3, 0.4) is 0 Å². The number of thioether (sulfide) groups is 1. The minimum atomic E-state index is -4.82. The van der Waals surface area contributed by atoms with Crippen molar-refractivity contribution in [3.05, 3.63) is 41.7 Å². The average Bonchev–Trinajstić information content (AvgIpc) is 3.00. The van der Waals surface area contributed by atoms with E-state index in [0.717, 1.165) is 11.8 Å². The van der Waals surface area contributed by atoms with E-state index in [4.69, 9.17) is 4.52 Å². The molecule has 0 unspecified atom stereocenters. The van der Waals surface area contributed by atoms with Gasteiger partial charge >= 0.3 is 6.36 Å². The number of anilines is 1. The number of carbonyl (C=O) groups is 2. The van der Waals surface area contributed by atoms with Crippen molar-refractivity contribution in [2.75, 3.05) is 23.9 Å². The van der Waals surface area contributed by atoms with Crippen LogP contribution in [0.15, 0.2) is 34.9 Å². The van der Waals surface area contributed by atoms with Gasteiger partial charge in [-0.05, 0) is 13.0 Å². The number of aromatic nitrogens is 1. The summed E-state index contributed by atoms with van der Waals surface area (Å²) in [6, 6.07) is 7.16. The van der Waals surface area contributed by atoms with Crippen molar-refractivity contribution < 1.29 is 32.0 Å². The fourth-order valence-electron chi connectivity index (χ4n) is 2.15. The number of aryl methyl sites for hydroxylation is 1. The lowest BCUT2D eigenvalue weighted by atomic mass is 10.2. The average molecular weight is 417 g/mol. The summed E-state index contributed by atoms with van der Waals surface area (Å²) in [5.41, 5.74) is 0.222. The third kappa shape index (κ3) is 7.14. The molecule has 0 atom stereocenters. The smallest absolute Gasteiger partial charge is 0.405 e. The van der Waals surface area contributed by atoms with Crippen LogP contribution in [0, 0.1) is 6.92 Å². The van der Waals surface area contributed by atoms with E-state index in [0.29, 0.717) is 5.76 Å². The van der Waals surface area contributed by atoms with Crippen molar-refractivity contribution in [3.63, 3.8) is 0 Å². The highest BCUT2D eigenvalue weighted by molar-refractivity contribution is 8.00. The van der Waals surface area contributed by atoms with Crippen molar-refractivity contribution in [2.24, 2.45) is 0 Å². The summed E-state index contributed by atoms with van der Waals surface area (Å²) >= 11 is 1.08. The van der Waals surface area contributed by atoms with Gasteiger partial charge < -0.3 is 19.5 Å². The molecule has 0 fully saturated rings. The zero-order valence-corrected chi connectivity index (χ0v) is 15.9. The highest BCUT2D eigenvalue weighted by atomic mass is 32.2. The highest BCUT2D eigenvalue weighted by Gasteiger charge is 2.32. The van der Waals surface area contributed by atoms with E-state index in [-0.39, 0.29) is 47.0 Å². The summed E-state index contributed by atoms with van der Waals surface area (Å²) in [6.07, 6.45) is -4.82. The maximum absolute atomic E-state index is 12.5. The second-order valence-corrected chi connectivity index (χ2v) is 6.75. The van der Waals surface area contributed by atoms with E-state index in [9.17, 15) is 22.8 Å². The Balaban J connectivity index is 1.81. The zero-order valence-electron chi connectivity index (χ0n) is 15.1. The molecule has 0 saturated heterocycles. The number of ether oxygens (including phenoxy) is 1. The molecule has 2 amide bonds. The van der Waals surface area contributed by atoms with Gasteiger partial charge in [-0.1, -0.05) is 23.4 Å². The molecule has 2 rings (SSSR count). The molecule has 28 heavy (non-hydrogen) atoms. The van der Waals surface area contributed by atoms with Gasteiger partial charge in [0.15, 0.2) is 5.82 Å². The first-order valence-electron chi connectivity index (χ1n) is 8.02. The standard InChI is InChI=1S/C17H18F3N3O4S/c1-11-7-14(22-27-11)21-15(24)9-28-10-16(25)23(2)8-12-5-3-4-6-13(12)26-17(18,19)20/h3-7H,8-10H2,1-2H3,(H,21,22,24). The number of halogens is 3. The summed E-state index contributed by atoms with van der Waals surface area (Å²) in [5.74, 6) is -0.204. The second-order valence-electron chi connectivity index (χ2n) is 5.77. The molecule has 1 aromatic heterocycles. The Hall–Kier alpha value is -2.69.